The highest BCUT2D eigenvalue weighted by atomic mass is 16.5. The number of hydrogen-bond acceptors (Lipinski definition) is 3. The molecule has 1 fully saturated rings. The molecular weight excluding hydrogens is 144 g/mol. The molecule has 1 heterocycles. The lowest BCUT2D eigenvalue weighted by molar-refractivity contribution is -0.148. The molecule has 2 atom stereocenters. The van der Waals surface area contributed by atoms with E-state index in [0.717, 1.165) is 0 Å². The van der Waals surface area contributed by atoms with Crippen LogP contribution >= 0.6 is 0 Å². The van der Waals surface area contributed by atoms with Crippen molar-refractivity contribution in [2.75, 3.05) is 19.8 Å². The minimum Gasteiger partial charge on any atom is -0.466 e. The van der Waals surface area contributed by atoms with Crippen LogP contribution in [0.25, 0.3) is 0 Å². The van der Waals surface area contributed by atoms with E-state index in [1.165, 1.54) is 0 Å². The Balaban J connectivity index is 2.39. The molecule has 1 saturated heterocycles. The SMILES string of the molecule is CCOC(=O)[C@H]1COC[C@H]1C. The van der Waals surface area contributed by atoms with Gasteiger partial charge >= 0.3 is 5.97 Å². The number of carbonyl (C=O) groups is 1. The largest absolute Gasteiger partial charge is 0.466 e. The van der Waals surface area contributed by atoms with E-state index in [2.05, 4.69) is 0 Å². The van der Waals surface area contributed by atoms with Gasteiger partial charge in [-0.1, -0.05) is 6.92 Å². The maximum Gasteiger partial charge on any atom is 0.311 e. The first kappa shape index (κ1) is 8.53. The quantitative estimate of drug-likeness (QED) is 0.558. The fraction of sp³-hybridized carbons (Fsp3) is 0.875. The van der Waals surface area contributed by atoms with Gasteiger partial charge in [0, 0.05) is 0 Å². The Morgan fingerprint density at radius 1 is 1.64 bits per heavy atom. The van der Waals surface area contributed by atoms with Crippen molar-refractivity contribution in [2.45, 2.75) is 13.8 Å². The van der Waals surface area contributed by atoms with Gasteiger partial charge in [-0.3, -0.25) is 4.79 Å². The van der Waals surface area contributed by atoms with Crippen molar-refractivity contribution in [3.63, 3.8) is 0 Å². The summed E-state index contributed by atoms with van der Waals surface area (Å²) in [4.78, 5) is 11.2. The van der Waals surface area contributed by atoms with Gasteiger partial charge in [-0.15, -0.1) is 0 Å². The van der Waals surface area contributed by atoms with Crippen LogP contribution in [0.2, 0.25) is 0 Å². The first-order chi connectivity index (χ1) is 5.25. The van der Waals surface area contributed by atoms with Crippen LogP contribution in [-0.4, -0.2) is 25.8 Å². The fourth-order valence-corrected chi connectivity index (χ4v) is 1.21. The van der Waals surface area contributed by atoms with E-state index in [-0.39, 0.29) is 11.9 Å². The molecule has 0 aromatic carbocycles. The third-order valence-electron chi connectivity index (χ3n) is 1.95. The number of hydrogen-bond donors (Lipinski definition) is 0. The first-order valence-corrected chi connectivity index (χ1v) is 4.00. The number of ether oxygens (including phenoxy) is 2. The second kappa shape index (κ2) is 3.72. The average molecular weight is 158 g/mol. The summed E-state index contributed by atoms with van der Waals surface area (Å²) >= 11 is 0. The monoisotopic (exact) mass is 158 g/mol. The molecule has 0 bridgehead atoms. The molecule has 0 aromatic rings. The van der Waals surface area contributed by atoms with Crippen molar-refractivity contribution in [3.05, 3.63) is 0 Å². The van der Waals surface area contributed by atoms with Crippen LogP contribution in [0.15, 0.2) is 0 Å². The van der Waals surface area contributed by atoms with Gasteiger partial charge in [-0.05, 0) is 12.8 Å². The average Bonchev–Trinajstić information content (AvgIpc) is 2.36. The number of rotatable bonds is 2. The van der Waals surface area contributed by atoms with E-state index < -0.39 is 0 Å². The van der Waals surface area contributed by atoms with E-state index in [4.69, 9.17) is 9.47 Å². The van der Waals surface area contributed by atoms with Crippen LogP contribution in [0.1, 0.15) is 13.8 Å². The van der Waals surface area contributed by atoms with Gasteiger partial charge in [0.1, 0.15) is 0 Å². The molecule has 0 aliphatic carbocycles. The molecule has 1 aliphatic heterocycles. The summed E-state index contributed by atoms with van der Waals surface area (Å²) in [6, 6.07) is 0. The number of carbonyl (C=O) groups excluding carboxylic acids is 1. The Kier molecular flexibility index (Phi) is 2.88. The summed E-state index contributed by atoms with van der Waals surface area (Å²) in [7, 11) is 0. The van der Waals surface area contributed by atoms with E-state index in [1.54, 1.807) is 0 Å². The normalized spacial score (nSPS) is 30.4. The molecule has 11 heavy (non-hydrogen) atoms. The highest BCUT2D eigenvalue weighted by Crippen LogP contribution is 2.20. The van der Waals surface area contributed by atoms with Crippen LogP contribution in [0, 0.1) is 11.8 Å². The van der Waals surface area contributed by atoms with Crippen molar-refractivity contribution in [1.82, 2.24) is 0 Å². The second-order valence-electron chi connectivity index (χ2n) is 2.87. The minimum absolute atomic E-state index is 0.0325. The lowest BCUT2D eigenvalue weighted by Crippen LogP contribution is -2.22. The lowest BCUT2D eigenvalue weighted by atomic mass is 9.99. The fourth-order valence-electron chi connectivity index (χ4n) is 1.21. The van der Waals surface area contributed by atoms with Crippen LogP contribution in [0.3, 0.4) is 0 Å². The Morgan fingerprint density at radius 3 is 2.82 bits per heavy atom. The molecule has 0 saturated carbocycles. The Labute approximate surface area is 66.7 Å². The Morgan fingerprint density at radius 2 is 2.36 bits per heavy atom. The topological polar surface area (TPSA) is 35.5 Å². The van der Waals surface area contributed by atoms with Crippen LogP contribution in [0.5, 0.6) is 0 Å². The zero-order valence-corrected chi connectivity index (χ0v) is 7.00. The van der Waals surface area contributed by atoms with Gasteiger partial charge in [0.2, 0.25) is 0 Å². The maximum absolute atomic E-state index is 11.2. The van der Waals surface area contributed by atoms with E-state index in [0.29, 0.717) is 25.7 Å². The highest BCUT2D eigenvalue weighted by molar-refractivity contribution is 5.73. The standard InChI is InChI=1S/C8H14O3/c1-3-11-8(9)7-5-10-4-6(7)2/h6-7H,3-5H2,1-2H3/t6-,7+/m1/s1. The van der Waals surface area contributed by atoms with E-state index >= 15 is 0 Å². The summed E-state index contributed by atoms with van der Waals surface area (Å²) in [5.74, 6) is 0.168. The van der Waals surface area contributed by atoms with Gasteiger partial charge in [0.15, 0.2) is 0 Å². The van der Waals surface area contributed by atoms with Crippen LogP contribution in [-0.2, 0) is 14.3 Å². The molecule has 0 spiro atoms. The molecular formula is C8H14O3. The maximum atomic E-state index is 11.2. The first-order valence-electron chi connectivity index (χ1n) is 4.00. The molecule has 64 valence electrons. The third kappa shape index (κ3) is 1.93. The molecule has 3 heteroatoms. The van der Waals surface area contributed by atoms with Gasteiger partial charge in [0.05, 0.1) is 25.7 Å². The molecule has 1 aliphatic rings. The van der Waals surface area contributed by atoms with Crippen molar-refractivity contribution in [3.8, 4) is 0 Å². The Hall–Kier alpha value is -0.570. The smallest absolute Gasteiger partial charge is 0.311 e. The van der Waals surface area contributed by atoms with Gasteiger partial charge < -0.3 is 9.47 Å². The molecule has 0 radical (unpaired) electrons. The minimum atomic E-state index is -0.113. The van der Waals surface area contributed by atoms with Crippen molar-refractivity contribution < 1.29 is 14.3 Å². The summed E-state index contributed by atoms with van der Waals surface area (Å²) in [6.45, 7) is 5.50. The predicted octanol–water partition coefficient (Wildman–Crippen LogP) is 0.832. The van der Waals surface area contributed by atoms with E-state index in [9.17, 15) is 4.79 Å². The van der Waals surface area contributed by atoms with E-state index in [1.807, 2.05) is 13.8 Å². The summed E-state index contributed by atoms with van der Waals surface area (Å²) in [6.07, 6.45) is 0. The molecule has 1 rings (SSSR count). The summed E-state index contributed by atoms with van der Waals surface area (Å²) in [5, 5.41) is 0. The molecule has 0 aromatic heterocycles. The molecule has 0 N–H and O–H groups in total. The summed E-state index contributed by atoms with van der Waals surface area (Å²) < 4.78 is 10.0. The zero-order valence-electron chi connectivity index (χ0n) is 7.00. The lowest BCUT2D eigenvalue weighted by Gasteiger charge is -2.10. The van der Waals surface area contributed by atoms with Crippen LogP contribution in [0.4, 0.5) is 0 Å². The number of esters is 1. The second-order valence-corrected chi connectivity index (χ2v) is 2.87. The molecule has 0 amide bonds. The Bertz CT molecular complexity index is 144. The highest BCUT2D eigenvalue weighted by Gasteiger charge is 2.31. The van der Waals surface area contributed by atoms with Crippen molar-refractivity contribution in [1.29, 1.82) is 0 Å². The molecule has 0 unspecified atom stereocenters. The zero-order chi connectivity index (χ0) is 8.27. The van der Waals surface area contributed by atoms with Gasteiger partial charge in [-0.25, -0.2) is 0 Å². The predicted molar refractivity (Wildman–Crippen MR) is 40.1 cm³/mol. The van der Waals surface area contributed by atoms with Crippen molar-refractivity contribution in [2.24, 2.45) is 11.8 Å². The van der Waals surface area contributed by atoms with Crippen LogP contribution < -0.4 is 0 Å². The van der Waals surface area contributed by atoms with Crippen molar-refractivity contribution >= 4 is 5.97 Å². The third-order valence-corrected chi connectivity index (χ3v) is 1.95. The van der Waals surface area contributed by atoms with Gasteiger partial charge in [-0.2, -0.15) is 0 Å². The molecule has 3 nitrogen and oxygen atoms in total. The summed E-state index contributed by atoms with van der Waals surface area (Å²) in [5.41, 5.74) is 0. The van der Waals surface area contributed by atoms with Gasteiger partial charge in [0.25, 0.3) is 0 Å².